The van der Waals surface area contributed by atoms with Crippen molar-refractivity contribution in [2.24, 2.45) is 0 Å². The number of nitrogens with zero attached hydrogens (tertiary/aromatic N) is 1. The van der Waals surface area contributed by atoms with E-state index in [-0.39, 0.29) is 24.5 Å². The highest BCUT2D eigenvalue weighted by atomic mass is 16.6. The zero-order valence-corrected chi connectivity index (χ0v) is 26.9. The number of aromatic hydroxyl groups is 2. The predicted molar refractivity (Wildman–Crippen MR) is 169 cm³/mol. The quantitative estimate of drug-likeness (QED) is 0.187. The molecule has 2 rings (SSSR count). The number of phenolic OH excluding ortho intramolecular Hbond substituents is 2. The number of amides is 3. The van der Waals surface area contributed by atoms with Crippen molar-refractivity contribution in [1.29, 1.82) is 0 Å². The highest BCUT2D eigenvalue weighted by molar-refractivity contribution is 5.93. The number of rotatable bonds is 14. The van der Waals surface area contributed by atoms with Gasteiger partial charge in [0.25, 0.3) is 0 Å². The Hall–Kier alpha value is -3.75. The van der Waals surface area contributed by atoms with E-state index in [0.29, 0.717) is 17.5 Å². The Bertz CT molecular complexity index is 1180. The second-order valence-corrected chi connectivity index (χ2v) is 13.1. The normalized spacial score (nSPS) is 13.1. The molecule has 2 aromatic carbocycles. The summed E-state index contributed by atoms with van der Waals surface area (Å²) in [6.45, 7) is 13.2. The SMILES string of the molecule is CCCCCCCCN(C(=O)C(Cc1ccc(O)cc1)NC(=O)OC(C)(C)C)C(C(=O)NC(C)(C)C)c1ccccc1O. The summed E-state index contributed by atoms with van der Waals surface area (Å²) < 4.78 is 5.49. The lowest BCUT2D eigenvalue weighted by atomic mass is 9.97. The van der Waals surface area contributed by atoms with Crippen LogP contribution in [0.1, 0.15) is 104 Å². The number of nitrogens with one attached hydrogen (secondary N) is 2. The summed E-state index contributed by atoms with van der Waals surface area (Å²) in [5.74, 6) is -0.943. The molecule has 238 valence electrons. The molecule has 0 saturated heterocycles. The summed E-state index contributed by atoms with van der Waals surface area (Å²) in [7, 11) is 0. The van der Waals surface area contributed by atoms with Crippen molar-refractivity contribution in [2.75, 3.05) is 6.54 Å². The van der Waals surface area contributed by atoms with Crippen molar-refractivity contribution in [3.8, 4) is 11.5 Å². The van der Waals surface area contributed by atoms with Gasteiger partial charge < -0.3 is 30.5 Å². The van der Waals surface area contributed by atoms with Crippen LogP contribution in [-0.2, 0) is 20.7 Å². The number of para-hydroxylation sites is 1. The van der Waals surface area contributed by atoms with Gasteiger partial charge in [-0.3, -0.25) is 9.59 Å². The molecule has 0 radical (unpaired) electrons. The Morgan fingerprint density at radius 1 is 0.860 bits per heavy atom. The molecule has 0 aliphatic rings. The predicted octanol–water partition coefficient (Wildman–Crippen LogP) is 6.38. The van der Waals surface area contributed by atoms with Gasteiger partial charge in [-0.1, -0.05) is 69.4 Å². The number of phenols is 2. The van der Waals surface area contributed by atoms with Crippen molar-refractivity contribution < 1.29 is 29.3 Å². The second-order valence-electron chi connectivity index (χ2n) is 13.1. The molecular formula is C34H51N3O6. The number of ether oxygens (including phenoxy) is 1. The minimum absolute atomic E-state index is 0.0786. The fourth-order valence-electron chi connectivity index (χ4n) is 4.75. The third kappa shape index (κ3) is 12.6. The third-order valence-electron chi connectivity index (χ3n) is 6.69. The van der Waals surface area contributed by atoms with Gasteiger partial charge in [0.05, 0.1) is 0 Å². The molecule has 3 amide bonds. The number of hydrogen-bond donors (Lipinski definition) is 4. The zero-order valence-electron chi connectivity index (χ0n) is 26.9. The number of benzene rings is 2. The van der Waals surface area contributed by atoms with Gasteiger partial charge in [0.1, 0.15) is 29.2 Å². The van der Waals surface area contributed by atoms with Gasteiger partial charge in [-0.25, -0.2) is 4.79 Å². The molecule has 4 N–H and O–H groups in total. The van der Waals surface area contributed by atoms with Crippen molar-refractivity contribution >= 4 is 17.9 Å². The zero-order chi connectivity index (χ0) is 32.2. The maximum atomic E-state index is 14.5. The van der Waals surface area contributed by atoms with E-state index in [1.165, 1.54) is 23.1 Å². The summed E-state index contributed by atoms with van der Waals surface area (Å²) >= 11 is 0. The second kappa shape index (κ2) is 16.2. The highest BCUT2D eigenvalue weighted by Crippen LogP contribution is 2.31. The van der Waals surface area contributed by atoms with Gasteiger partial charge >= 0.3 is 6.09 Å². The number of hydrogen-bond acceptors (Lipinski definition) is 6. The first kappa shape index (κ1) is 35.4. The maximum absolute atomic E-state index is 14.5. The molecule has 0 heterocycles. The van der Waals surface area contributed by atoms with Gasteiger partial charge in [0, 0.05) is 24.1 Å². The van der Waals surface area contributed by atoms with Gasteiger partial charge in [0.2, 0.25) is 11.8 Å². The number of unbranched alkanes of at least 4 members (excludes halogenated alkanes) is 5. The molecule has 2 atom stereocenters. The van der Waals surface area contributed by atoms with Crippen LogP contribution >= 0.6 is 0 Å². The lowest BCUT2D eigenvalue weighted by Crippen LogP contribution is -2.55. The van der Waals surface area contributed by atoms with Crippen LogP contribution in [0.5, 0.6) is 11.5 Å². The first-order valence-electron chi connectivity index (χ1n) is 15.3. The highest BCUT2D eigenvalue weighted by Gasteiger charge is 2.38. The Morgan fingerprint density at radius 3 is 2.05 bits per heavy atom. The smallest absolute Gasteiger partial charge is 0.408 e. The van der Waals surface area contributed by atoms with Crippen LogP contribution in [0.25, 0.3) is 0 Å². The summed E-state index contributed by atoms with van der Waals surface area (Å²) in [6.07, 6.45) is 5.16. The average molecular weight is 598 g/mol. The van der Waals surface area contributed by atoms with E-state index >= 15 is 0 Å². The molecule has 2 aromatic rings. The Labute approximate surface area is 257 Å². The molecule has 0 saturated carbocycles. The van der Waals surface area contributed by atoms with E-state index in [1.807, 2.05) is 20.8 Å². The summed E-state index contributed by atoms with van der Waals surface area (Å²) in [5, 5.41) is 26.4. The largest absolute Gasteiger partial charge is 0.508 e. The topological polar surface area (TPSA) is 128 Å². The summed E-state index contributed by atoms with van der Waals surface area (Å²) in [6, 6.07) is 10.7. The maximum Gasteiger partial charge on any atom is 0.408 e. The fraction of sp³-hybridized carbons (Fsp3) is 0.559. The summed E-state index contributed by atoms with van der Waals surface area (Å²) in [4.78, 5) is 42.9. The van der Waals surface area contributed by atoms with Crippen LogP contribution in [0, 0.1) is 0 Å². The van der Waals surface area contributed by atoms with Gasteiger partial charge in [-0.2, -0.15) is 0 Å². The number of alkyl carbamates (subject to hydrolysis) is 1. The van der Waals surface area contributed by atoms with E-state index < -0.39 is 41.1 Å². The van der Waals surface area contributed by atoms with Gasteiger partial charge in [-0.15, -0.1) is 0 Å². The standard InChI is InChI=1S/C34H51N3O6/c1-8-9-10-11-12-15-22-37(29(30(40)36-33(2,3)4)26-16-13-14-17-28(26)39)31(41)27(35-32(42)43-34(5,6)7)23-24-18-20-25(38)21-19-24/h13-14,16-21,27,29,38-39H,8-12,15,22-23H2,1-7H3,(H,35,42)(H,36,40). The molecule has 43 heavy (non-hydrogen) atoms. The van der Waals surface area contributed by atoms with Crippen LogP contribution in [0.15, 0.2) is 48.5 Å². The molecule has 9 heteroatoms. The molecule has 0 aliphatic carbocycles. The van der Waals surface area contributed by atoms with E-state index in [4.69, 9.17) is 4.74 Å². The number of carbonyl (C=O) groups excluding carboxylic acids is 3. The van der Waals surface area contributed by atoms with Crippen molar-refractivity contribution in [3.63, 3.8) is 0 Å². The molecule has 0 bridgehead atoms. The van der Waals surface area contributed by atoms with Crippen LogP contribution in [0.2, 0.25) is 0 Å². The summed E-state index contributed by atoms with van der Waals surface area (Å²) in [5.41, 5.74) is -0.400. The van der Waals surface area contributed by atoms with Crippen molar-refractivity contribution in [2.45, 2.75) is 117 Å². The Morgan fingerprint density at radius 2 is 1.47 bits per heavy atom. The molecule has 0 spiro atoms. The molecular weight excluding hydrogens is 546 g/mol. The van der Waals surface area contributed by atoms with Crippen LogP contribution in [0.4, 0.5) is 4.79 Å². The third-order valence-corrected chi connectivity index (χ3v) is 6.69. The molecule has 0 fully saturated rings. The van der Waals surface area contributed by atoms with E-state index in [9.17, 15) is 24.6 Å². The van der Waals surface area contributed by atoms with Gasteiger partial charge in [-0.05, 0) is 71.7 Å². The molecule has 9 nitrogen and oxygen atoms in total. The fourth-order valence-corrected chi connectivity index (χ4v) is 4.75. The average Bonchev–Trinajstić information content (AvgIpc) is 2.89. The first-order chi connectivity index (χ1) is 20.1. The minimum Gasteiger partial charge on any atom is -0.508 e. The van der Waals surface area contributed by atoms with Crippen LogP contribution in [0.3, 0.4) is 0 Å². The molecule has 0 aliphatic heterocycles. The van der Waals surface area contributed by atoms with Crippen molar-refractivity contribution in [1.82, 2.24) is 15.5 Å². The Balaban J connectivity index is 2.57. The van der Waals surface area contributed by atoms with E-state index in [2.05, 4.69) is 17.6 Å². The monoisotopic (exact) mass is 597 g/mol. The molecule has 0 aromatic heterocycles. The first-order valence-corrected chi connectivity index (χ1v) is 15.3. The lowest BCUT2D eigenvalue weighted by Gasteiger charge is -2.36. The molecule has 2 unspecified atom stereocenters. The van der Waals surface area contributed by atoms with Crippen LogP contribution in [-0.4, -0.2) is 56.7 Å². The van der Waals surface area contributed by atoms with Gasteiger partial charge in [0.15, 0.2) is 0 Å². The number of carbonyl (C=O) groups is 3. The Kier molecular flexibility index (Phi) is 13.3. The minimum atomic E-state index is -1.15. The van der Waals surface area contributed by atoms with Crippen LogP contribution < -0.4 is 10.6 Å². The van der Waals surface area contributed by atoms with Crippen molar-refractivity contribution in [3.05, 3.63) is 59.7 Å². The van der Waals surface area contributed by atoms with E-state index in [1.54, 1.807) is 51.1 Å². The lowest BCUT2D eigenvalue weighted by molar-refractivity contribution is -0.143. The van der Waals surface area contributed by atoms with E-state index in [0.717, 1.165) is 32.1 Å².